The van der Waals surface area contributed by atoms with E-state index < -0.39 is 0 Å². The largest absolute Gasteiger partial charge is 0.344 e. The number of thiophene rings is 1. The lowest BCUT2D eigenvalue weighted by Crippen LogP contribution is -2.34. The number of urea groups is 1. The van der Waals surface area contributed by atoms with Gasteiger partial charge in [-0.15, -0.1) is 11.3 Å². The summed E-state index contributed by atoms with van der Waals surface area (Å²) < 4.78 is 0. The predicted octanol–water partition coefficient (Wildman–Crippen LogP) is 4.94. The van der Waals surface area contributed by atoms with Crippen molar-refractivity contribution < 1.29 is 9.59 Å². The summed E-state index contributed by atoms with van der Waals surface area (Å²) in [5, 5.41) is 10.8. The van der Waals surface area contributed by atoms with Crippen LogP contribution in [-0.4, -0.2) is 18.0 Å². The molecule has 27 heavy (non-hydrogen) atoms. The van der Waals surface area contributed by atoms with Crippen molar-refractivity contribution in [3.05, 3.63) is 52.2 Å². The minimum Gasteiger partial charge on any atom is -0.344 e. The molecular formula is C21H27N3O2S. The first-order chi connectivity index (χ1) is 13.0. The molecule has 1 heterocycles. The quantitative estimate of drug-likeness (QED) is 0.659. The van der Waals surface area contributed by atoms with E-state index in [1.54, 1.807) is 35.6 Å². The van der Waals surface area contributed by atoms with E-state index in [4.69, 9.17) is 0 Å². The molecule has 1 fully saturated rings. The summed E-state index contributed by atoms with van der Waals surface area (Å²) >= 11 is 1.69. The Balaban J connectivity index is 1.70. The molecule has 0 bridgehead atoms. The van der Waals surface area contributed by atoms with Crippen LogP contribution in [0.4, 0.5) is 10.5 Å². The molecule has 1 saturated carbocycles. The van der Waals surface area contributed by atoms with Gasteiger partial charge in [-0.1, -0.05) is 25.0 Å². The molecule has 3 N–H and O–H groups in total. The normalized spacial score (nSPS) is 15.5. The van der Waals surface area contributed by atoms with Gasteiger partial charge in [0.2, 0.25) is 0 Å². The molecule has 1 atom stereocenters. The molecule has 0 saturated heterocycles. The molecule has 1 aliphatic carbocycles. The highest BCUT2D eigenvalue weighted by atomic mass is 32.1. The Bertz CT molecular complexity index is 767. The lowest BCUT2D eigenvalue weighted by atomic mass is 9.96. The van der Waals surface area contributed by atoms with E-state index >= 15 is 0 Å². The lowest BCUT2D eigenvalue weighted by Gasteiger charge is -2.24. The van der Waals surface area contributed by atoms with E-state index in [9.17, 15) is 9.59 Å². The molecule has 0 aliphatic heterocycles. The fourth-order valence-corrected chi connectivity index (χ4v) is 4.44. The molecular weight excluding hydrogens is 358 g/mol. The smallest absolute Gasteiger partial charge is 0.319 e. The third-order valence-electron chi connectivity index (χ3n) is 4.81. The highest BCUT2D eigenvalue weighted by Gasteiger charge is 2.28. The summed E-state index contributed by atoms with van der Waals surface area (Å²) in [6, 6.07) is 11.0. The number of hydrogen-bond acceptors (Lipinski definition) is 3. The molecule has 2 aromatic rings. The number of carbonyl (C=O) groups is 2. The van der Waals surface area contributed by atoms with Crippen molar-refractivity contribution >= 4 is 29.0 Å². The molecule has 0 radical (unpaired) electrons. The summed E-state index contributed by atoms with van der Waals surface area (Å²) in [5.41, 5.74) is 1.16. The number of nitrogens with one attached hydrogen (secondary N) is 3. The van der Waals surface area contributed by atoms with Crippen LogP contribution in [-0.2, 0) is 0 Å². The van der Waals surface area contributed by atoms with Crippen LogP contribution in [0.1, 0.15) is 60.8 Å². The monoisotopic (exact) mass is 385 g/mol. The number of rotatable bonds is 6. The van der Waals surface area contributed by atoms with Gasteiger partial charge < -0.3 is 16.0 Å². The van der Waals surface area contributed by atoms with Crippen molar-refractivity contribution in [3.63, 3.8) is 0 Å². The number of amides is 3. The second-order valence-corrected chi connectivity index (χ2v) is 8.32. The zero-order valence-electron chi connectivity index (χ0n) is 15.8. The van der Waals surface area contributed by atoms with E-state index in [-0.39, 0.29) is 24.0 Å². The molecule has 144 valence electrons. The van der Waals surface area contributed by atoms with Crippen molar-refractivity contribution in [2.24, 2.45) is 5.92 Å². The Hall–Kier alpha value is -2.34. The van der Waals surface area contributed by atoms with Gasteiger partial charge in [0.25, 0.3) is 5.91 Å². The van der Waals surface area contributed by atoms with Crippen molar-refractivity contribution in [2.45, 2.75) is 51.6 Å². The van der Waals surface area contributed by atoms with Gasteiger partial charge in [0.15, 0.2) is 0 Å². The van der Waals surface area contributed by atoms with Gasteiger partial charge in [-0.2, -0.15) is 0 Å². The van der Waals surface area contributed by atoms with Crippen LogP contribution >= 0.6 is 11.3 Å². The van der Waals surface area contributed by atoms with Gasteiger partial charge in [0.1, 0.15) is 0 Å². The Morgan fingerprint density at radius 1 is 1.07 bits per heavy atom. The van der Waals surface area contributed by atoms with Gasteiger partial charge in [-0.25, -0.2) is 4.79 Å². The third kappa shape index (κ3) is 5.32. The number of carbonyl (C=O) groups excluding carboxylic acids is 2. The molecule has 1 unspecified atom stereocenters. The topological polar surface area (TPSA) is 70.2 Å². The Morgan fingerprint density at radius 2 is 1.85 bits per heavy atom. The second-order valence-electron chi connectivity index (χ2n) is 7.35. The Kier molecular flexibility index (Phi) is 6.50. The van der Waals surface area contributed by atoms with Gasteiger partial charge >= 0.3 is 6.03 Å². The first kappa shape index (κ1) is 19.4. The minimum atomic E-state index is -0.273. The summed E-state index contributed by atoms with van der Waals surface area (Å²) in [6.45, 7) is 3.80. The summed E-state index contributed by atoms with van der Waals surface area (Å²) in [6.07, 6.45) is 4.76. The Morgan fingerprint density at radius 3 is 2.52 bits per heavy atom. The molecule has 3 amide bonds. The zero-order valence-corrected chi connectivity index (χ0v) is 16.6. The van der Waals surface area contributed by atoms with Crippen LogP contribution in [0.25, 0.3) is 0 Å². The first-order valence-electron chi connectivity index (χ1n) is 9.55. The van der Waals surface area contributed by atoms with Crippen LogP contribution in [0, 0.1) is 5.92 Å². The second kappa shape index (κ2) is 9.04. The predicted molar refractivity (Wildman–Crippen MR) is 110 cm³/mol. The number of benzene rings is 1. The SMILES string of the molecule is CC(C)NC(=O)Nc1cccc(C(=O)NC(c2cccs2)C2CCCC2)c1. The van der Waals surface area contributed by atoms with Crippen molar-refractivity contribution in [3.8, 4) is 0 Å². The maximum absolute atomic E-state index is 12.9. The van der Waals surface area contributed by atoms with E-state index in [1.807, 2.05) is 19.9 Å². The van der Waals surface area contributed by atoms with Crippen LogP contribution in [0.3, 0.4) is 0 Å². The van der Waals surface area contributed by atoms with Gasteiger partial charge in [-0.3, -0.25) is 4.79 Å². The van der Waals surface area contributed by atoms with Gasteiger partial charge in [-0.05, 0) is 62.3 Å². The van der Waals surface area contributed by atoms with Gasteiger partial charge in [0, 0.05) is 22.2 Å². The van der Waals surface area contributed by atoms with Crippen molar-refractivity contribution in [1.29, 1.82) is 0 Å². The van der Waals surface area contributed by atoms with E-state index in [0.717, 1.165) is 12.8 Å². The third-order valence-corrected chi connectivity index (χ3v) is 5.77. The molecule has 6 heteroatoms. The molecule has 5 nitrogen and oxygen atoms in total. The average Bonchev–Trinajstić information content (AvgIpc) is 3.33. The van der Waals surface area contributed by atoms with E-state index in [1.165, 1.54) is 17.7 Å². The lowest BCUT2D eigenvalue weighted by molar-refractivity contribution is 0.0923. The number of hydrogen-bond donors (Lipinski definition) is 3. The molecule has 1 aliphatic rings. The van der Waals surface area contributed by atoms with Crippen molar-refractivity contribution in [1.82, 2.24) is 10.6 Å². The maximum Gasteiger partial charge on any atom is 0.319 e. The maximum atomic E-state index is 12.9. The molecule has 1 aromatic heterocycles. The summed E-state index contributed by atoms with van der Waals surface area (Å²) in [5.74, 6) is 0.388. The number of anilines is 1. The minimum absolute atomic E-state index is 0.0504. The van der Waals surface area contributed by atoms with Crippen LogP contribution in [0.15, 0.2) is 41.8 Å². The fraction of sp³-hybridized carbons (Fsp3) is 0.429. The fourth-order valence-electron chi connectivity index (χ4n) is 3.57. The van der Waals surface area contributed by atoms with E-state index in [2.05, 4.69) is 27.4 Å². The van der Waals surface area contributed by atoms with Crippen LogP contribution < -0.4 is 16.0 Å². The highest BCUT2D eigenvalue weighted by molar-refractivity contribution is 7.10. The van der Waals surface area contributed by atoms with Crippen molar-refractivity contribution in [2.75, 3.05) is 5.32 Å². The highest BCUT2D eigenvalue weighted by Crippen LogP contribution is 2.37. The van der Waals surface area contributed by atoms with Crippen LogP contribution in [0.2, 0.25) is 0 Å². The summed E-state index contributed by atoms with van der Waals surface area (Å²) in [7, 11) is 0. The standard InChI is InChI=1S/C21H27N3O2S/c1-14(2)22-21(26)23-17-10-5-9-16(13-17)20(25)24-19(15-7-3-4-8-15)18-11-6-12-27-18/h5-6,9-15,19H,3-4,7-8H2,1-2H3,(H,24,25)(H2,22,23,26). The zero-order chi connectivity index (χ0) is 19.2. The summed E-state index contributed by atoms with van der Waals surface area (Å²) in [4.78, 5) is 26.0. The Labute approximate surface area is 164 Å². The van der Waals surface area contributed by atoms with Gasteiger partial charge in [0.05, 0.1) is 6.04 Å². The molecule has 3 rings (SSSR count). The molecule has 1 aromatic carbocycles. The average molecular weight is 386 g/mol. The first-order valence-corrected chi connectivity index (χ1v) is 10.4. The molecule has 0 spiro atoms. The van der Waals surface area contributed by atoms with Crippen LogP contribution in [0.5, 0.6) is 0 Å². The van der Waals surface area contributed by atoms with E-state index in [0.29, 0.717) is 17.2 Å².